The Labute approximate surface area is 121 Å². The van der Waals surface area contributed by atoms with Gasteiger partial charge in [-0.3, -0.25) is 0 Å². The lowest BCUT2D eigenvalue weighted by Gasteiger charge is -2.22. The van der Waals surface area contributed by atoms with Crippen molar-refractivity contribution in [3.63, 3.8) is 0 Å². The lowest BCUT2D eigenvalue weighted by atomic mass is 10.3. The van der Waals surface area contributed by atoms with Gasteiger partial charge in [-0.05, 0) is 32.5 Å². The summed E-state index contributed by atoms with van der Waals surface area (Å²) in [5, 5.41) is 3.97. The third kappa shape index (κ3) is 5.35. The molecule has 0 spiro atoms. The molecule has 5 heteroatoms. The first-order chi connectivity index (χ1) is 9.22. The fraction of sp³-hybridized carbons (Fsp3) is 0.643. The number of halogens is 1. The molecule has 0 atom stereocenters. The zero-order valence-corrected chi connectivity index (χ0v) is 12.8. The average molecular weight is 286 g/mol. The highest BCUT2D eigenvalue weighted by atomic mass is 35.5. The van der Waals surface area contributed by atoms with Crippen molar-refractivity contribution in [3.05, 3.63) is 22.8 Å². The summed E-state index contributed by atoms with van der Waals surface area (Å²) in [6, 6.07) is 3.88. The van der Waals surface area contributed by atoms with Gasteiger partial charge in [0.25, 0.3) is 0 Å². The average Bonchev–Trinajstić information content (AvgIpc) is 2.43. The normalized spacial score (nSPS) is 10.7. The van der Waals surface area contributed by atoms with E-state index in [0.717, 1.165) is 44.4 Å². The zero-order valence-electron chi connectivity index (χ0n) is 12.1. The molecular formula is C14H24ClN3O. The van der Waals surface area contributed by atoms with Gasteiger partial charge in [-0.2, -0.15) is 0 Å². The van der Waals surface area contributed by atoms with Gasteiger partial charge >= 0.3 is 0 Å². The summed E-state index contributed by atoms with van der Waals surface area (Å²) in [7, 11) is 0. The summed E-state index contributed by atoms with van der Waals surface area (Å²) in [5.41, 5.74) is 0.899. The van der Waals surface area contributed by atoms with Crippen molar-refractivity contribution < 1.29 is 4.74 Å². The minimum atomic E-state index is 0.701. The molecule has 1 aromatic rings. The van der Waals surface area contributed by atoms with Crippen LogP contribution in [0.3, 0.4) is 0 Å². The van der Waals surface area contributed by atoms with Gasteiger partial charge in [-0.15, -0.1) is 0 Å². The molecule has 0 aliphatic carbocycles. The molecular weight excluding hydrogens is 262 g/mol. The lowest BCUT2D eigenvalue weighted by molar-refractivity contribution is 0.154. The lowest BCUT2D eigenvalue weighted by Crippen LogP contribution is -2.28. The van der Waals surface area contributed by atoms with E-state index in [1.54, 1.807) is 0 Å². The predicted octanol–water partition coefficient (Wildman–Crippen LogP) is 2.71. The van der Waals surface area contributed by atoms with Gasteiger partial charge in [0.05, 0.1) is 17.3 Å². The molecule has 0 amide bonds. The molecule has 4 nitrogen and oxygen atoms in total. The molecule has 0 aliphatic heterocycles. The molecule has 0 radical (unpaired) electrons. The van der Waals surface area contributed by atoms with Crippen LogP contribution in [0.2, 0.25) is 5.02 Å². The molecule has 0 saturated carbocycles. The van der Waals surface area contributed by atoms with Crippen LogP contribution in [0, 0.1) is 0 Å². The van der Waals surface area contributed by atoms with Crippen LogP contribution in [0.4, 0.5) is 5.82 Å². The number of nitrogens with zero attached hydrogens (tertiary/aromatic N) is 2. The molecule has 1 rings (SSSR count). The third-order valence-electron chi connectivity index (χ3n) is 2.86. The van der Waals surface area contributed by atoms with Gasteiger partial charge in [-0.25, -0.2) is 4.98 Å². The third-order valence-corrected chi connectivity index (χ3v) is 3.21. The highest BCUT2D eigenvalue weighted by molar-refractivity contribution is 6.31. The van der Waals surface area contributed by atoms with Gasteiger partial charge in [0.15, 0.2) is 0 Å². The SMILES string of the molecule is CCNCc1nc(N(CC)CCOCC)ccc1Cl. The van der Waals surface area contributed by atoms with Crippen molar-refractivity contribution in [1.29, 1.82) is 0 Å². The molecule has 108 valence electrons. The van der Waals surface area contributed by atoms with Crippen LogP contribution in [0.15, 0.2) is 12.1 Å². The van der Waals surface area contributed by atoms with E-state index in [1.807, 2.05) is 19.1 Å². The van der Waals surface area contributed by atoms with Crippen LogP contribution in [0.5, 0.6) is 0 Å². The Morgan fingerprint density at radius 1 is 1.32 bits per heavy atom. The predicted molar refractivity (Wildman–Crippen MR) is 81.0 cm³/mol. The van der Waals surface area contributed by atoms with Crippen LogP contribution < -0.4 is 10.2 Å². The van der Waals surface area contributed by atoms with Crippen molar-refractivity contribution in [2.45, 2.75) is 27.3 Å². The number of pyridine rings is 1. The standard InChI is InChI=1S/C14H24ClN3O/c1-4-16-11-13-12(15)7-8-14(17-13)18(5-2)9-10-19-6-3/h7-8,16H,4-6,9-11H2,1-3H3. The Balaban J connectivity index is 2.73. The molecule has 1 heterocycles. The Morgan fingerprint density at radius 3 is 2.74 bits per heavy atom. The van der Waals surface area contributed by atoms with Crippen LogP contribution >= 0.6 is 11.6 Å². The van der Waals surface area contributed by atoms with Crippen molar-refractivity contribution in [2.24, 2.45) is 0 Å². The van der Waals surface area contributed by atoms with Gasteiger partial charge in [0, 0.05) is 26.2 Å². The largest absolute Gasteiger partial charge is 0.380 e. The number of anilines is 1. The van der Waals surface area contributed by atoms with Crippen molar-refractivity contribution in [2.75, 3.05) is 37.7 Å². The van der Waals surface area contributed by atoms with E-state index in [0.29, 0.717) is 11.6 Å². The summed E-state index contributed by atoms with van der Waals surface area (Å²) in [6.07, 6.45) is 0. The number of hydrogen-bond donors (Lipinski definition) is 1. The maximum Gasteiger partial charge on any atom is 0.129 e. The monoisotopic (exact) mass is 285 g/mol. The summed E-state index contributed by atoms with van der Waals surface area (Å²) in [6.45, 7) is 11.0. The summed E-state index contributed by atoms with van der Waals surface area (Å²) in [4.78, 5) is 6.83. The zero-order chi connectivity index (χ0) is 14.1. The van der Waals surface area contributed by atoms with E-state index < -0.39 is 0 Å². The second kappa shape index (κ2) is 9.13. The first kappa shape index (κ1) is 16.2. The topological polar surface area (TPSA) is 37.4 Å². The van der Waals surface area contributed by atoms with Crippen molar-refractivity contribution >= 4 is 17.4 Å². The number of nitrogens with one attached hydrogen (secondary N) is 1. The first-order valence-electron chi connectivity index (χ1n) is 6.91. The Morgan fingerprint density at radius 2 is 2.11 bits per heavy atom. The molecule has 1 aromatic heterocycles. The van der Waals surface area contributed by atoms with E-state index >= 15 is 0 Å². The smallest absolute Gasteiger partial charge is 0.129 e. The minimum Gasteiger partial charge on any atom is -0.380 e. The summed E-state index contributed by atoms with van der Waals surface area (Å²) >= 11 is 6.16. The molecule has 0 aliphatic rings. The Bertz CT molecular complexity index is 374. The number of aromatic nitrogens is 1. The van der Waals surface area contributed by atoms with Gasteiger partial charge in [0.2, 0.25) is 0 Å². The molecule has 0 bridgehead atoms. The highest BCUT2D eigenvalue weighted by Crippen LogP contribution is 2.19. The van der Waals surface area contributed by atoms with Crippen LogP contribution in [0.25, 0.3) is 0 Å². The number of hydrogen-bond acceptors (Lipinski definition) is 4. The fourth-order valence-corrected chi connectivity index (χ4v) is 1.94. The molecule has 0 unspecified atom stereocenters. The number of ether oxygens (including phenoxy) is 1. The van der Waals surface area contributed by atoms with Crippen LogP contribution in [-0.2, 0) is 11.3 Å². The molecule has 0 saturated heterocycles. The van der Waals surface area contributed by atoms with E-state index in [-0.39, 0.29) is 0 Å². The van der Waals surface area contributed by atoms with Gasteiger partial charge in [-0.1, -0.05) is 18.5 Å². The Kier molecular flexibility index (Phi) is 7.79. The second-order valence-corrected chi connectivity index (χ2v) is 4.56. The van der Waals surface area contributed by atoms with E-state index in [4.69, 9.17) is 16.3 Å². The maximum atomic E-state index is 6.16. The molecule has 19 heavy (non-hydrogen) atoms. The number of likely N-dealkylation sites (N-methyl/N-ethyl adjacent to an activating group) is 1. The van der Waals surface area contributed by atoms with Gasteiger partial charge < -0.3 is 15.0 Å². The number of rotatable bonds is 9. The maximum absolute atomic E-state index is 6.16. The van der Waals surface area contributed by atoms with E-state index in [9.17, 15) is 0 Å². The first-order valence-corrected chi connectivity index (χ1v) is 7.29. The quantitative estimate of drug-likeness (QED) is 0.708. The minimum absolute atomic E-state index is 0.701. The van der Waals surface area contributed by atoms with Crippen molar-refractivity contribution in [1.82, 2.24) is 10.3 Å². The molecule has 1 N–H and O–H groups in total. The van der Waals surface area contributed by atoms with Crippen molar-refractivity contribution in [3.8, 4) is 0 Å². The van der Waals surface area contributed by atoms with Crippen LogP contribution in [0.1, 0.15) is 26.5 Å². The molecule has 0 fully saturated rings. The molecule has 0 aromatic carbocycles. The second-order valence-electron chi connectivity index (χ2n) is 4.15. The van der Waals surface area contributed by atoms with E-state index in [2.05, 4.69) is 29.0 Å². The fourth-order valence-electron chi connectivity index (χ4n) is 1.77. The van der Waals surface area contributed by atoms with Gasteiger partial charge in [0.1, 0.15) is 5.82 Å². The summed E-state index contributed by atoms with van der Waals surface area (Å²) < 4.78 is 5.40. The van der Waals surface area contributed by atoms with E-state index in [1.165, 1.54) is 0 Å². The highest BCUT2D eigenvalue weighted by Gasteiger charge is 2.09. The van der Waals surface area contributed by atoms with Crippen LogP contribution in [-0.4, -0.2) is 37.8 Å². The summed E-state index contributed by atoms with van der Waals surface area (Å²) in [5.74, 6) is 0.958. The Hall–Kier alpha value is -0.840.